The highest BCUT2D eigenvalue weighted by Gasteiger charge is 2.55. The Balaban J connectivity index is 1.15. The molecule has 0 aliphatic carbocycles. The first-order valence-corrected chi connectivity index (χ1v) is 32.2. The summed E-state index contributed by atoms with van der Waals surface area (Å²) in [6.07, 6.45) is -3.45. The fourth-order valence-corrected chi connectivity index (χ4v) is 13.0. The first-order chi connectivity index (χ1) is 43.4. The minimum Gasteiger partial charge on any atom is -0.480 e. The number of hydrogen-bond acceptors (Lipinski definition) is 16. The molecule has 0 spiro atoms. The zero-order chi connectivity index (χ0) is 68.5. The molecule has 3 saturated heterocycles. The predicted molar refractivity (Wildman–Crippen MR) is 342 cm³/mol. The number of benzene rings is 2. The number of likely N-dealkylation sites (N-methyl/N-ethyl adjacent to an activating group) is 2. The molecule has 6 amide bonds. The van der Waals surface area contributed by atoms with Gasteiger partial charge in [0.05, 0.1) is 73.9 Å². The average molecular weight is 1290 g/mol. The van der Waals surface area contributed by atoms with Gasteiger partial charge in [-0.1, -0.05) is 123 Å². The van der Waals surface area contributed by atoms with E-state index in [0.29, 0.717) is 37.1 Å². The van der Waals surface area contributed by atoms with Crippen molar-refractivity contribution in [3.8, 4) is 0 Å². The van der Waals surface area contributed by atoms with Gasteiger partial charge in [-0.05, 0) is 79.2 Å². The molecule has 0 saturated carbocycles. The Hall–Kier alpha value is -7.02. The number of fused-ring (bicyclic) bond motifs is 1. The second kappa shape index (κ2) is 34.8. The van der Waals surface area contributed by atoms with Gasteiger partial charge in [0, 0.05) is 76.6 Å². The van der Waals surface area contributed by atoms with Crippen molar-refractivity contribution in [2.75, 3.05) is 46.7 Å². The van der Waals surface area contributed by atoms with Gasteiger partial charge in [-0.15, -0.1) is 0 Å². The van der Waals surface area contributed by atoms with Crippen molar-refractivity contribution in [1.82, 2.24) is 25.3 Å². The van der Waals surface area contributed by atoms with Crippen LogP contribution >= 0.6 is 0 Å². The lowest BCUT2D eigenvalue weighted by atomic mass is 9.83. The Labute approximate surface area is 542 Å². The number of ketones is 2. The van der Waals surface area contributed by atoms with Crippen molar-refractivity contribution in [2.24, 2.45) is 46.5 Å². The number of amides is 6. The van der Waals surface area contributed by atoms with Crippen LogP contribution < -0.4 is 16.0 Å². The molecule has 3 heterocycles. The van der Waals surface area contributed by atoms with Gasteiger partial charge in [-0.3, -0.25) is 33.6 Å². The number of carbonyl (C=O) groups excluding carboxylic acids is 8. The highest BCUT2D eigenvalue weighted by molar-refractivity contribution is 5.97. The lowest BCUT2D eigenvalue weighted by molar-refractivity contribution is -0.187. The Morgan fingerprint density at radius 3 is 1.99 bits per heavy atom. The summed E-state index contributed by atoms with van der Waals surface area (Å²) in [5.74, 6) is -8.31. The molecule has 7 unspecified atom stereocenters. The second-order valence-corrected chi connectivity index (χ2v) is 26.5. The van der Waals surface area contributed by atoms with Crippen LogP contribution in [0.4, 0.5) is 10.5 Å². The number of azide groups is 1. The largest absolute Gasteiger partial charge is 0.480 e. The number of Topliss-reactive ketones (excluding diaryl/α,β-unsaturated/α-hetero) is 2. The molecule has 0 bridgehead atoms. The predicted octanol–water partition coefficient (Wildman–Crippen LogP) is 7.91. The molecule has 5 rings (SSSR count). The number of hydrogen-bond donors (Lipinski definition) is 4. The standard InChI is InChI=1S/C67H101N9O16/c1-17-40(8)58(51(87-15)34-55(80)76-29-21-24-48(76)59(88-16)42(10)63(82)71-47(65(84)85)31-43-22-19-18-20-23-43)74(13)64(83)46(37(2)3)32-50(78)57(39(6)7)75(14)66(86)89-36-44-25-27-45(28-26-44)70-62(81)41(9)30-49(77)56(38(4)5)72-54(79)33-52-60-61(92-67(11,12)91-60)53(90-52)35-69-73-68/h18-20,22-23,25-28,37-42,46-48,51-53,56-61H,17,21,24,29-36H2,1-16H3,(H,70,81)(H,71,82)(H,72,79)(H,84,85)/t40-,41+,42+,46-,47?,48-,51?,52?,53?,56-,57-,58?,59+,60?,61?/m0/s1. The third-order valence-corrected chi connectivity index (χ3v) is 18.2. The summed E-state index contributed by atoms with van der Waals surface area (Å²) in [7, 11) is 6.11. The van der Waals surface area contributed by atoms with E-state index in [1.165, 1.54) is 26.2 Å². The van der Waals surface area contributed by atoms with Crippen LogP contribution in [0.25, 0.3) is 10.4 Å². The zero-order valence-corrected chi connectivity index (χ0v) is 56.6. The Bertz CT molecular complexity index is 2890. The van der Waals surface area contributed by atoms with Gasteiger partial charge in [0.2, 0.25) is 29.5 Å². The fraction of sp³-hybridized carbons (Fsp3) is 0.687. The van der Waals surface area contributed by atoms with E-state index in [4.69, 9.17) is 34.0 Å². The van der Waals surface area contributed by atoms with Crippen LogP contribution in [0.15, 0.2) is 59.7 Å². The van der Waals surface area contributed by atoms with Gasteiger partial charge in [-0.2, -0.15) is 0 Å². The average Bonchev–Trinajstić information content (AvgIpc) is 1.60. The first kappa shape index (κ1) is 75.7. The second-order valence-electron chi connectivity index (χ2n) is 26.5. The van der Waals surface area contributed by atoms with E-state index in [9.17, 15) is 48.3 Å². The van der Waals surface area contributed by atoms with Gasteiger partial charge < -0.3 is 64.2 Å². The highest BCUT2D eigenvalue weighted by Crippen LogP contribution is 2.40. The molecule has 25 nitrogen and oxygen atoms in total. The lowest BCUT2D eigenvalue weighted by Crippen LogP contribution is -2.55. The minimum atomic E-state index is -1.18. The summed E-state index contributed by atoms with van der Waals surface area (Å²) < 4.78 is 35.8. The maximum atomic E-state index is 14.8. The summed E-state index contributed by atoms with van der Waals surface area (Å²) >= 11 is 0. The molecular formula is C67H101N9O16. The van der Waals surface area contributed by atoms with Crippen LogP contribution in [0.1, 0.15) is 139 Å². The van der Waals surface area contributed by atoms with Crippen LogP contribution in [0.5, 0.6) is 0 Å². The lowest BCUT2D eigenvalue weighted by Gasteiger charge is -2.41. The molecule has 4 N–H and O–H groups in total. The SMILES string of the molecule is CC[C@H](C)C(C(CC(=O)N1CCC[C@H]1[C@H](OC)[C@@H](C)C(=O)NC(Cc1ccccc1)C(=O)O)OC)N(C)C(=O)[C@@H](CC(=O)[C@H](C(C)C)N(C)C(=O)OCc1ccc(NC(=O)[C@H](C)CC(=O)[C@@H](NC(=O)CC2OC(CN=[N+]=[N-])C3OC(C)(C)OC23)C(C)C)cc1)C(C)C. The van der Waals surface area contributed by atoms with Crippen LogP contribution in [-0.4, -0.2) is 187 Å². The van der Waals surface area contributed by atoms with Gasteiger partial charge in [0.25, 0.3) is 0 Å². The normalized spacial score (nSPS) is 21.7. The zero-order valence-electron chi connectivity index (χ0n) is 56.6. The first-order valence-electron chi connectivity index (χ1n) is 32.2. The molecule has 510 valence electrons. The summed E-state index contributed by atoms with van der Waals surface area (Å²) in [4.78, 5) is 131. The van der Waals surface area contributed by atoms with Crippen LogP contribution in [0, 0.1) is 41.4 Å². The van der Waals surface area contributed by atoms with E-state index in [2.05, 4.69) is 26.0 Å². The van der Waals surface area contributed by atoms with Crippen molar-refractivity contribution >= 4 is 58.9 Å². The molecule has 92 heavy (non-hydrogen) atoms. The summed E-state index contributed by atoms with van der Waals surface area (Å²) in [5.41, 5.74) is 10.6. The van der Waals surface area contributed by atoms with Crippen LogP contribution in [0.2, 0.25) is 0 Å². The third-order valence-electron chi connectivity index (χ3n) is 18.2. The van der Waals surface area contributed by atoms with Gasteiger partial charge in [0.1, 0.15) is 24.9 Å². The maximum absolute atomic E-state index is 14.8. The van der Waals surface area contributed by atoms with E-state index >= 15 is 0 Å². The molecular weight excluding hydrogens is 1190 g/mol. The monoisotopic (exact) mass is 1290 g/mol. The van der Waals surface area contributed by atoms with Gasteiger partial charge in [-0.25, -0.2) is 9.59 Å². The Morgan fingerprint density at radius 1 is 0.783 bits per heavy atom. The van der Waals surface area contributed by atoms with E-state index in [1.807, 2.05) is 47.6 Å². The maximum Gasteiger partial charge on any atom is 0.410 e. The fourth-order valence-electron chi connectivity index (χ4n) is 13.0. The number of anilines is 1. The van der Waals surface area contributed by atoms with E-state index in [-0.39, 0.29) is 92.3 Å². The van der Waals surface area contributed by atoms with Crippen molar-refractivity contribution < 1.29 is 76.7 Å². The van der Waals surface area contributed by atoms with Gasteiger partial charge in [0.15, 0.2) is 17.4 Å². The van der Waals surface area contributed by atoms with Crippen molar-refractivity contribution in [3.05, 3.63) is 76.2 Å². The van der Waals surface area contributed by atoms with Crippen LogP contribution in [0.3, 0.4) is 0 Å². The van der Waals surface area contributed by atoms with E-state index in [1.54, 1.807) is 107 Å². The number of methoxy groups -OCH3 is 2. The molecule has 0 radical (unpaired) electrons. The minimum absolute atomic E-state index is 0.00345. The molecule has 3 aliphatic heterocycles. The topological polar surface area (TPSA) is 324 Å². The Morgan fingerprint density at radius 2 is 1.42 bits per heavy atom. The van der Waals surface area contributed by atoms with E-state index in [0.717, 1.165) is 5.56 Å². The quantitative estimate of drug-likeness (QED) is 0.0289. The smallest absolute Gasteiger partial charge is 0.410 e. The third kappa shape index (κ3) is 20.2. The highest BCUT2D eigenvalue weighted by atomic mass is 16.8. The number of rotatable bonds is 35. The number of likely N-dealkylation sites (tertiary alicyclic amines) is 1. The molecule has 3 aliphatic rings. The molecule has 3 fully saturated rings. The summed E-state index contributed by atoms with van der Waals surface area (Å²) in [6.45, 7) is 21.9. The number of carboxylic acid groups (broad SMARTS) is 1. The molecule has 25 heteroatoms. The van der Waals surface area contributed by atoms with Gasteiger partial charge >= 0.3 is 12.1 Å². The molecule has 2 aromatic rings. The molecule has 0 aromatic heterocycles. The molecule has 15 atom stereocenters. The number of nitrogens with zero attached hydrogens (tertiary/aromatic N) is 6. The summed E-state index contributed by atoms with van der Waals surface area (Å²) in [5, 5.41) is 22.0. The number of carbonyl (C=O) groups is 9. The van der Waals surface area contributed by atoms with Crippen molar-refractivity contribution in [2.45, 2.75) is 214 Å². The summed E-state index contributed by atoms with van der Waals surface area (Å²) in [6, 6.07) is 11.4. The Kier molecular flexibility index (Phi) is 28.6. The molecule has 2 aromatic carbocycles. The number of carboxylic acids is 1. The number of aliphatic carboxylic acids is 1. The number of nitrogens with one attached hydrogen (secondary N) is 3. The van der Waals surface area contributed by atoms with Crippen molar-refractivity contribution in [1.29, 1.82) is 0 Å². The van der Waals surface area contributed by atoms with Crippen molar-refractivity contribution in [3.63, 3.8) is 0 Å². The van der Waals surface area contributed by atoms with E-state index < -0.39 is 120 Å². The number of ether oxygens (including phenoxy) is 6. The van der Waals surface area contributed by atoms with Crippen LogP contribution in [-0.2, 0) is 79.8 Å².